The Labute approximate surface area is 376 Å². The van der Waals surface area contributed by atoms with Crippen molar-refractivity contribution in [3.63, 3.8) is 0 Å². The normalized spacial score (nSPS) is 15.1. The first-order valence-electron chi connectivity index (χ1n) is 19.9. The van der Waals surface area contributed by atoms with Crippen LogP contribution in [0.1, 0.15) is 72.5 Å². The summed E-state index contributed by atoms with van der Waals surface area (Å²) >= 11 is 0. The molecule has 8 nitrogen and oxygen atoms in total. The molecule has 0 radical (unpaired) electrons. The molecule has 0 bridgehead atoms. The van der Waals surface area contributed by atoms with Gasteiger partial charge in [-0.15, -0.1) is 0 Å². The Kier molecular flexibility index (Phi) is 19.0. The molecule has 0 aliphatic rings. The monoisotopic (exact) mass is 1040 g/mol. The average molecular weight is 1040 g/mol. The summed E-state index contributed by atoms with van der Waals surface area (Å²) in [6.07, 6.45) is -10.8. The zero-order chi connectivity index (χ0) is 52.9. The van der Waals surface area contributed by atoms with Gasteiger partial charge in [-0.05, 0) is 72.6 Å². The molecule has 3 N–H and O–H groups in total. The highest BCUT2D eigenvalue weighted by Gasteiger charge is 2.95. The zero-order valence-electron chi connectivity index (χ0n) is 36.3. The number of nitrogens with one attached hydrogen (secondary N) is 2. The molecule has 2 rings (SSSR count). The van der Waals surface area contributed by atoms with Crippen LogP contribution in [-0.4, -0.2) is 86.4 Å². The Balaban J connectivity index is 2.31. The van der Waals surface area contributed by atoms with Crippen molar-refractivity contribution in [2.45, 2.75) is 132 Å². The molecule has 0 spiro atoms. The number of amides is 2. The second kappa shape index (κ2) is 21.7. The summed E-state index contributed by atoms with van der Waals surface area (Å²) in [7, 11) is -4.06. The predicted molar refractivity (Wildman–Crippen MR) is 205 cm³/mol. The molecule has 388 valence electrons. The van der Waals surface area contributed by atoms with E-state index < -0.39 is 134 Å². The number of rotatable bonds is 24. The number of halogens is 19. The number of anilines is 1. The van der Waals surface area contributed by atoms with Crippen LogP contribution in [0, 0.1) is 17.6 Å². The first-order chi connectivity index (χ1) is 30.7. The molecule has 0 aliphatic heterocycles. The van der Waals surface area contributed by atoms with Crippen molar-refractivity contribution in [2.24, 2.45) is 5.92 Å². The Morgan fingerprint density at radius 1 is 0.706 bits per heavy atom. The standard InChI is InChI=1S/C40H45F19N2O6Si/c1-21(2)68(22(3)4,19-16-33(43,44)34(45,46)35(47,48)36(49,50)37(51,52)38(53,54)39(55,56)40(57,58)59)66-18-17-65-27-13-10-25(11-14-27)30(23(5)8-7-9-24(6)31(62)61-64)67-32(63)60-29-15-12-26(41)20-28(29)42/h9-15,20-23,30,64H,7-8,16-19H2,1-6H3,(H,60,63)(H,61,62)/b24-9+/t23-,30+/m0/s1. The molecule has 0 saturated heterocycles. The van der Waals surface area contributed by atoms with Crippen molar-refractivity contribution in [3.05, 3.63) is 71.3 Å². The van der Waals surface area contributed by atoms with Crippen LogP contribution < -0.4 is 15.5 Å². The Hall–Kier alpha value is -4.47. The fourth-order valence-electron chi connectivity index (χ4n) is 6.75. The third-order valence-corrected chi connectivity index (χ3v) is 16.6. The molecule has 68 heavy (non-hydrogen) atoms. The van der Waals surface area contributed by atoms with E-state index in [0.29, 0.717) is 11.6 Å². The van der Waals surface area contributed by atoms with Gasteiger partial charge in [-0.1, -0.05) is 52.8 Å². The van der Waals surface area contributed by atoms with Gasteiger partial charge in [0.25, 0.3) is 5.91 Å². The summed E-state index contributed by atoms with van der Waals surface area (Å²) in [6, 6.07) is 6.36. The number of alkyl halides is 17. The van der Waals surface area contributed by atoms with Crippen LogP contribution >= 0.6 is 0 Å². The fourth-order valence-corrected chi connectivity index (χ4v) is 11.2. The number of benzene rings is 2. The van der Waals surface area contributed by atoms with Crippen LogP contribution in [0.5, 0.6) is 5.75 Å². The molecule has 0 aliphatic carbocycles. The Morgan fingerprint density at radius 2 is 1.21 bits per heavy atom. The summed E-state index contributed by atoms with van der Waals surface area (Å²) in [5.41, 5.74) is -0.389. The van der Waals surface area contributed by atoms with Crippen LogP contribution in [0.3, 0.4) is 0 Å². The van der Waals surface area contributed by atoms with Crippen molar-refractivity contribution in [2.75, 3.05) is 18.5 Å². The molecular formula is C40H45F19N2O6Si. The topological polar surface area (TPSA) is 106 Å². The maximum atomic E-state index is 15.0. The molecule has 2 amide bonds. The molecule has 0 saturated carbocycles. The van der Waals surface area contributed by atoms with Crippen molar-refractivity contribution in [1.29, 1.82) is 0 Å². The predicted octanol–water partition coefficient (Wildman–Crippen LogP) is 13.7. The fraction of sp³-hybridized carbons (Fsp3) is 0.600. The molecular weight excluding hydrogens is 993 g/mol. The van der Waals surface area contributed by atoms with E-state index in [0.717, 1.165) is 12.1 Å². The summed E-state index contributed by atoms with van der Waals surface area (Å²) in [4.78, 5) is 24.5. The van der Waals surface area contributed by atoms with Crippen LogP contribution in [0.2, 0.25) is 17.1 Å². The molecule has 2 aromatic rings. The third kappa shape index (κ3) is 12.1. The van der Waals surface area contributed by atoms with E-state index in [1.54, 1.807) is 6.92 Å². The molecule has 2 atom stereocenters. The largest absolute Gasteiger partial charge is 0.491 e. The highest BCUT2D eigenvalue weighted by Crippen LogP contribution is 2.64. The lowest BCUT2D eigenvalue weighted by molar-refractivity contribution is -0.461. The molecule has 0 aromatic heterocycles. The Morgan fingerprint density at radius 3 is 1.68 bits per heavy atom. The van der Waals surface area contributed by atoms with E-state index >= 15 is 8.78 Å². The highest BCUT2D eigenvalue weighted by atomic mass is 28.4. The molecule has 0 unspecified atom stereocenters. The van der Waals surface area contributed by atoms with E-state index in [-0.39, 0.29) is 24.2 Å². The SMILES string of the molecule is C/C(=C\CC[C@H](C)[C@@H](OC(=O)Nc1ccc(F)cc1F)c1ccc(OCCO[Si](CCC(F)(F)C(F)(F)C(F)(F)C(F)(F)C(F)(F)C(F)(F)C(F)(F)C(F)(F)F)(C(C)C)C(C)C)cc1)C(=O)NO. The van der Waals surface area contributed by atoms with Crippen molar-refractivity contribution in [1.82, 2.24) is 5.48 Å². The summed E-state index contributed by atoms with van der Waals surface area (Å²) in [6.45, 7) is 7.12. The van der Waals surface area contributed by atoms with E-state index in [9.17, 15) is 84.2 Å². The van der Waals surface area contributed by atoms with Crippen molar-refractivity contribution < 1.29 is 112 Å². The summed E-state index contributed by atoms with van der Waals surface area (Å²) in [5.74, 6) is -60.4. The minimum Gasteiger partial charge on any atom is -0.491 e. The van der Waals surface area contributed by atoms with E-state index in [1.807, 2.05) is 0 Å². The van der Waals surface area contributed by atoms with Crippen LogP contribution in [0.15, 0.2) is 54.1 Å². The number of allylic oxidation sites excluding steroid dienone is 1. The Bertz CT molecular complexity index is 2040. The van der Waals surface area contributed by atoms with Gasteiger partial charge in [0.05, 0.1) is 12.3 Å². The first-order valence-corrected chi connectivity index (χ1v) is 22.1. The van der Waals surface area contributed by atoms with Crippen LogP contribution in [0.25, 0.3) is 0 Å². The van der Waals surface area contributed by atoms with Gasteiger partial charge >= 0.3 is 53.7 Å². The zero-order valence-corrected chi connectivity index (χ0v) is 37.3. The van der Waals surface area contributed by atoms with E-state index in [4.69, 9.17) is 19.1 Å². The van der Waals surface area contributed by atoms with Gasteiger partial charge in [0, 0.05) is 18.1 Å². The molecule has 28 heteroatoms. The maximum Gasteiger partial charge on any atom is 0.460 e. The minimum atomic E-state index is -8.72. The van der Waals surface area contributed by atoms with Gasteiger partial charge in [0.1, 0.15) is 30.1 Å². The second-order valence-electron chi connectivity index (χ2n) is 16.1. The quantitative estimate of drug-likeness (QED) is 0.0242. The number of carbonyl (C=O) groups excluding carboxylic acids is 2. The van der Waals surface area contributed by atoms with Gasteiger partial charge < -0.3 is 13.9 Å². The molecule has 0 heterocycles. The second-order valence-corrected chi connectivity index (χ2v) is 21.1. The summed E-state index contributed by atoms with van der Waals surface area (Å²) < 4.78 is 281. The lowest BCUT2D eigenvalue weighted by atomic mass is 9.88. The van der Waals surface area contributed by atoms with Gasteiger partial charge in [0.2, 0.25) is 0 Å². The first kappa shape index (κ1) is 59.6. The number of hydrogen-bond acceptors (Lipinski definition) is 6. The van der Waals surface area contributed by atoms with Gasteiger partial charge in [-0.3, -0.25) is 15.3 Å². The number of ether oxygens (including phenoxy) is 2. The summed E-state index contributed by atoms with van der Waals surface area (Å²) in [5, 5.41) is 11.0. The average Bonchev–Trinajstić information content (AvgIpc) is 3.22. The van der Waals surface area contributed by atoms with Crippen molar-refractivity contribution >= 4 is 26.0 Å². The maximum absolute atomic E-state index is 15.0. The van der Waals surface area contributed by atoms with Gasteiger partial charge in [-0.25, -0.2) is 19.1 Å². The van der Waals surface area contributed by atoms with E-state index in [1.165, 1.54) is 70.4 Å². The van der Waals surface area contributed by atoms with Crippen molar-refractivity contribution in [3.8, 4) is 5.75 Å². The minimum absolute atomic E-state index is 0.0428. The molecule has 2 aromatic carbocycles. The van der Waals surface area contributed by atoms with Gasteiger partial charge in [0.15, 0.2) is 8.32 Å². The molecule has 0 fully saturated rings. The van der Waals surface area contributed by atoms with Crippen LogP contribution in [-0.2, 0) is 14.0 Å². The lowest BCUT2D eigenvalue weighted by Gasteiger charge is -2.44. The van der Waals surface area contributed by atoms with E-state index in [2.05, 4.69) is 5.32 Å². The lowest BCUT2D eigenvalue weighted by Crippen LogP contribution is -2.74. The number of hydrogen-bond donors (Lipinski definition) is 3. The number of hydroxylamine groups is 1. The van der Waals surface area contributed by atoms with Gasteiger partial charge in [-0.2, -0.15) is 74.6 Å². The third-order valence-electron chi connectivity index (χ3n) is 11.0. The highest BCUT2D eigenvalue weighted by molar-refractivity contribution is 6.76. The smallest absolute Gasteiger partial charge is 0.460 e. The number of carbonyl (C=O) groups is 2. The van der Waals surface area contributed by atoms with Crippen LogP contribution in [0.4, 0.5) is 93.9 Å².